The minimum Gasteiger partial charge on any atom is -0.497 e. The fourth-order valence-electron chi connectivity index (χ4n) is 3.06. The van der Waals surface area contributed by atoms with Gasteiger partial charge in [-0.25, -0.2) is 0 Å². The Labute approximate surface area is 125 Å². The van der Waals surface area contributed by atoms with Gasteiger partial charge in [0.25, 0.3) is 0 Å². The Balaban J connectivity index is 1.74. The van der Waals surface area contributed by atoms with Crippen LogP contribution >= 0.6 is 0 Å². The summed E-state index contributed by atoms with van der Waals surface area (Å²) in [5.74, 6) is 1.53. The third-order valence-electron chi connectivity index (χ3n) is 4.28. The lowest BCUT2D eigenvalue weighted by molar-refractivity contribution is -0.129. The molecule has 21 heavy (non-hydrogen) atoms. The summed E-state index contributed by atoms with van der Waals surface area (Å²) in [7, 11) is 1.66. The van der Waals surface area contributed by atoms with Crippen LogP contribution in [-0.2, 0) is 9.53 Å². The average molecular weight is 290 g/mol. The summed E-state index contributed by atoms with van der Waals surface area (Å²) in [4.78, 5) is 14.2. The first kappa shape index (κ1) is 14.4. The van der Waals surface area contributed by atoms with Gasteiger partial charge in [0, 0.05) is 19.8 Å². The molecule has 0 aromatic heterocycles. The Kier molecular flexibility index (Phi) is 4.41. The van der Waals surface area contributed by atoms with Gasteiger partial charge >= 0.3 is 0 Å². The zero-order valence-electron chi connectivity index (χ0n) is 12.4. The zero-order valence-corrected chi connectivity index (χ0v) is 12.4. The van der Waals surface area contributed by atoms with E-state index in [0.717, 1.165) is 43.9 Å². The van der Waals surface area contributed by atoms with Gasteiger partial charge in [-0.2, -0.15) is 0 Å². The van der Waals surface area contributed by atoms with Gasteiger partial charge in [0.05, 0.1) is 13.7 Å². The molecule has 2 fully saturated rings. The molecule has 1 N–H and O–H groups in total. The van der Waals surface area contributed by atoms with E-state index in [2.05, 4.69) is 5.32 Å². The Bertz CT molecular complexity index is 500. The molecule has 2 aliphatic rings. The molecule has 1 unspecified atom stereocenters. The molecule has 0 bridgehead atoms. The smallest absolute Gasteiger partial charge is 0.238 e. The van der Waals surface area contributed by atoms with Crippen LogP contribution in [0.3, 0.4) is 0 Å². The number of rotatable bonds is 4. The maximum absolute atomic E-state index is 12.2. The molecule has 1 atom stereocenters. The van der Waals surface area contributed by atoms with E-state index >= 15 is 0 Å². The summed E-state index contributed by atoms with van der Waals surface area (Å²) in [6, 6.07) is 7.91. The summed E-state index contributed by atoms with van der Waals surface area (Å²) < 4.78 is 10.7. The second-order valence-electron chi connectivity index (χ2n) is 5.66. The summed E-state index contributed by atoms with van der Waals surface area (Å²) in [5, 5.41) is 3.30. The molecule has 114 valence electrons. The molecule has 2 aliphatic heterocycles. The van der Waals surface area contributed by atoms with Gasteiger partial charge in [0.15, 0.2) is 0 Å². The highest BCUT2D eigenvalue weighted by Crippen LogP contribution is 2.28. The number of ether oxygens (including phenoxy) is 2. The second-order valence-corrected chi connectivity index (χ2v) is 5.66. The van der Waals surface area contributed by atoms with Crippen molar-refractivity contribution in [2.45, 2.75) is 19.0 Å². The largest absolute Gasteiger partial charge is 0.497 e. The number of carbonyl (C=O) groups is 1. The molecule has 1 aromatic carbocycles. The van der Waals surface area contributed by atoms with E-state index in [-0.39, 0.29) is 12.1 Å². The van der Waals surface area contributed by atoms with Crippen LogP contribution in [0, 0.1) is 5.92 Å². The van der Waals surface area contributed by atoms with E-state index < -0.39 is 0 Å². The highest BCUT2D eigenvalue weighted by atomic mass is 16.5. The normalized spacial score (nSPS) is 23.6. The minimum atomic E-state index is -0.0459. The lowest BCUT2D eigenvalue weighted by Gasteiger charge is -2.31. The van der Waals surface area contributed by atoms with Gasteiger partial charge in [-0.05, 0) is 36.5 Å². The fourth-order valence-corrected chi connectivity index (χ4v) is 3.06. The summed E-state index contributed by atoms with van der Waals surface area (Å²) in [6.45, 7) is 2.83. The maximum atomic E-state index is 12.2. The van der Waals surface area contributed by atoms with Crippen molar-refractivity contribution < 1.29 is 14.3 Å². The molecule has 2 heterocycles. The first-order valence-electron chi connectivity index (χ1n) is 7.52. The summed E-state index contributed by atoms with van der Waals surface area (Å²) in [6.07, 6.45) is 2.03. The van der Waals surface area contributed by atoms with Crippen LogP contribution in [0.5, 0.6) is 5.75 Å². The topological polar surface area (TPSA) is 50.8 Å². The SMILES string of the molecule is COc1cccc(C2NCC(=O)N2CC2CCOCC2)c1. The van der Waals surface area contributed by atoms with Crippen molar-refractivity contribution in [1.29, 1.82) is 0 Å². The van der Waals surface area contributed by atoms with Crippen molar-refractivity contribution in [2.75, 3.05) is 33.4 Å². The Morgan fingerprint density at radius 3 is 2.95 bits per heavy atom. The second kappa shape index (κ2) is 6.45. The first-order valence-corrected chi connectivity index (χ1v) is 7.52. The predicted molar refractivity (Wildman–Crippen MR) is 79.0 cm³/mol. The number of carbonyl (C=O) groups excluding carboxylic acids is 1. The lowest BCUT2D eigenvalue weighted by Crippen LogP contribution is -2.36. The van der Waals surface area contributed by atoms with E-state index in [9.17, 15) is 4.79 Å². The molecule has 0 saturated carbocycles. The average Bonchev–Trinajstić information content (AvgIpc) is 2.89. The molecular weight excluding hydrogens is 268 g/mol. The summed E-state index contributed by atoms with van der Waals surface area (Å²) in [5.41, 5.74) is 1.08. The van der Waals surface area contributed by atoms with Crippen molar-refractivity contribution >= 4 is 5.91 Å². The van der Waals surface area contributed by atoms with Gasteiger partial charge in [-0.1, -0.05) is 12.1 Å². The van der Waals surface area contributed by atoms with Crippen molar-refractivity contribution in [2.24, 2.45) is 5.92 Å². The number of nitrogens with one attached hydrogen (secondary N) is 1. The van der Waals surface area contributed by atoms with Gasteiger partial charge in [0.1, 0.15) is 11.9 Å². The van der Waals surface area contributed by atoms with E-state index in [1.807, 2.05) is 29.2 Å². The molecule has 0 spiro atoms. The highest BCUT2D eigenvalue weighted by molar-refractivity contribution is 5.81. The number of amides is 1. The van der Waals surface area contributed by atoms with Crippen molar-refractivity contribution in [3.05, 3.63) is 29.8 Å². The Morgan fingerprint density at radius 1 is 1.38 bits per heavy atom. The third kappa shape index (κ3) is 3.19. The fraction of sp³-hybridized carbons (Fsp3) is 0.562. The van der Waals surface area contributed by atoms with Crippen LogP contribution in [0.4, 0.5) is 0 Å². The highest BCUT2D eigenvalue weighted by Gasteiger charge is 2.33. The van der Waals surface area contributed by atoms with Crippen LogP contribution in [0.15, 0.2) is 24.3 Å². The number of hydrogen-bond acceptors (Lipinski definition) is 4. The molecule has 1 aromatic rings. The van der Waals surface area contributed by atoms with Crippen LogP contribution < -0.4 is 10.1 Å². The number of nitrogens with zero attached hydrogens (tertiary/aromatic N) is 1. The van der Waals surface area contributed by atoms with Crippen molar-refractivity contribution in [1.82, 2.24) is 10.2 Å². The predicted octanol–water partition coefficient (Wildman–Crippen LogP) is 1.55. The quantitative estimate of drug-likeness (QED) is 0.914. The molecule has 0 radical (unpaired) electrons. The minimum absolute atomic E-state index is 0.0459. The molecule has 0 aliphatic carbocycles. The van der Waals surface area contributed by atoms with Crippen molar-refractivity contribution in [3.63, 3.8) is 0 Å². The number of methoxy groups -OCH3 is 1. The van der Waals surface area contributed by atoms with E-state index in [4.69, 9.17) is 9.47 Å². The maximum Gasteiger partial charge on any atom is 0.238 e. The van der Waals surface area contributed by atoms with Gasteiger partial charge in [0.2, 0.25) is 5.91 Å². The molecule has 1 amide bonds. The van der Waals surface area contributed by atoms with E-state index in [1.54, 1.807) is 7.11 Å². The number of benzene rings is 1. The van der Waals surface area contributed by atoms with E-state index in [0.29, 0.717) is 12.5 Å². The van der Waals surface area contributed by atoms with E-state index in [1.165, 1.54) is 0 Å². The van der Waals surface area contributed by atoms with Crippen LogP contribution in [0.2, 0.25) is 0 Å². The van der Waals surface area contributed by atoms with Crippen LogP contribution in [0.1, 0.15) is 24.6 Å². The Morgan fingerprint density at radius 2 is 2.19 bits per heavy atom. The third-order valence-corrected chi connectivity index (χ3v) is 4.28. The van der Waals surface area contributed by atoms with Crippen LogP contribution in [0.25, 0.3) is 0 Å². The van der Waals surface area contributed by atoms with Gasteiger partial charge in [-0.15, -0.1) is 0 Å². The van der Waals surface area contributed by atoms with Crippen molar-refractivity contribution in [3.8, 4) is 5.75 Å². The monoisotopic (exact) mass is 290 g/mol. The zero-order chi connectivity index (χ0) is 14.7. The molecular formula is C16H22N2O3. The Hall–Kier alpha value is -1.59. The standard InChI is InChI=1S/C16H22N2O3/c1-20-14-4-2-3-13(9-14)16-17-10-15(19)18(16)11-12-5-7-21-8-6-12/h2-4,9,12,16-17H,5-8,10-11H2,1H3. The number of hydrogen-bond donors (Lipinski definition) is 1. The lowest BCUT2D eigenvalue weighted by atomic mass is 9.99. The van der Waals surface area contributed by atoms with Gasteiger partial charge < -0.3 is 14.4 Å². The molecule has 3 rings (SSSR count). The molecule has 5 nitrogen and oxygen atoms in total. The van der Waals surface area contributed by atoms with Gasteiger partial charge in [-0.3, -0.25) is 10.1 Å². The van der Waals surface area contributed by atoms with Crippen LogP contribution in [-0.4, -0.2) is 44.2 Å². The summed E-state index contributed by atoms with van der Waals surface area (Å²) >= 11 is 0. The molecule has 5 heteroatoms. The molecule has 2 saturated heterocycles. The first-order chi connectivity index (χ1) is 10.3.